The maximum Gasteiger partial charge on any atom is 0.220 e. The summed E-state index contributed by atoms with van der Waals surface area (Å²) in [6.07, 6.45) is 5.87. The lowest BCUT2D eigenvalue weighted by Gasteiger charge is -2.25. The molecule has 1 unspecified atom stereocenters. The fourth-order valence-corrected chi connectivity index (χ4v) is 1.99. The molecule has 1 aliphatic rings. The zero-order chi connectivity index (χ0) is 11.3. The monoisotopic (exact) mass is 228 g/mol. The Bertz CT molecular complexity index is 239. The summed E-state index contributed by atoms with van der Waals surface area (Å²) in [5.74, 6) is 0.773. The summed E-state index contributed by atoms with van der Waals surface area (Å²) in [5, 5.41) is 2.99. The molecule has 0 radical (unpaired) electrons. The summed E-state index contributed by atoms with van der Waals surface area (Å²) in [5.41, 5.74) is 5.46. The van der Waals surface area contributed by atoms with Gasteiger partial charge in [0.1, 0.15) is 0 Å². The molecule has 1 aliphatic carbocycles. The summed E-state index contributed by atoms with van der Waals surface area (Å²) in [7, 11) is 0. The van der Waals surface area contributed by atoms with Gasteiger partial charge in [-0.25, -0.2) is 0 Å². The second-order valence-corrected chi connectivity index (χ2v) is 4.87. The third-order valence-electron chi connectivity index (χ3n) is 3.00. The molecule has 0 aromatic rings. The van der Waals surface area contributed by atoms with Gasteiger partial charge in [-0.3, -0.25) is 4.79 Å². The number of thiocarbonyl (C=S) groups is 1. The van der Waals surface area contributed by atoms with Crippen LogP contribution in [0.2, 0.25) is 0 Å². The molecule has 0 bridgehead atoms. The molecule has 3 nitrogen and oxygen atoms in total. The Kier molecular flexibility index (Phi) is 5.02. The molecule has 0 saturated heterocycles. The normalized spacial score (nSPS) is 17.9. The summed E-state index contributed by atoms with van der Waals surface area (Å²) in [6, 6.07) is 0.120. The second-order valence-electron chi connectivity index (χ2n) is 4.34. The molecule has 86 valence electrons. The number of rotatable bonds is 6. The number of nitrogens with two attached hydrogens (primary N) is 1. The van der Waals surface area contributed by atoms with Crippen LogP contribution in [0.15, 0.2) is 0 Å². The Labute approximate surface area is 96.8 Å². The highest BCUT2D eigenvalue weighted by Crippen LogP contribution is 2.29. The number of hydrogen-bond acceptors (Lipinski definition) is 2. The Hall–Kier alpha value is -0.640. The molecule has 3 N–H and O–H groups in total. The van der Waals surface area contributed by atoms with Gasteiger partial charge in [0, 0.05) is 18.9 Å². The Morgan fingerprint density at radius 3 is 2.67 bits per heavy atom. The van der Waals surface area contributed by atoms with Crippen LogP contribution < -0.4 is 11.1 Å². The molecule has 1 saturated carbocycles. The fourth-order valence-electron chi connectivity index (χ4n) is 1.79. The molecule has 4 heteroatoms. The van der Waals surface area contributed by atoms with Crippen molar-refractivity contribution in [3.8, 4) is 0 Å². The quantitative estimate of drug-likeness (QED) is 0.681. The van der Waals surface area contributed by atoms with Crippen molar-refractivity contribution in [2.75, 3.05) is 0 Å². The zero-order valence-electron chi connectivity index (χ0n) is 9.29. The van der Waals surface area contributed by atoms with Gasteiger partial charge >= 0.3 is 0 Å². The van der Waals surface area contributed by atoms with Crippen molar-refractivity contribution < 1.29 is 4.79 Å². The molecule has 1 amide bonds. The molecule has 1 rings (SSSR count). The molecule has 0 aromatic heterocycles. The van der Waals surface area contributed by atoms with E-state index in [4.69, 9.17) is 18.0 Å². The summed E-state index contributed by atoms with van der Waals surface area (Å²) in [4.78, 5) is 12.1. The largest absolute Gasteiger partial charge is 0.393 e. The minimum absolute atomic E-state index is 0.120. The maximum atomic E-state index is 11.6. The minimum Gasteiger partial charge on any atom is -0.393 e. The first-order chi connectivity index (χ1) is 7.11. The number of carbonyl (C=O) groups is 1. The average Bonchev–Trinajstić information content (AvgIpc) is 2.09. The van der Waals surface area contributed by atoms with Gasteiger partial charge < -0.3 is 11.1 Å². The van der Waals surface area contributed by atoms with E-state index in [0.29, 0.717) is 23.7 Å². The van der Waals surface area contributed by atoms with Gasteiger partial charge in [0.15, 0.2) is 0 Å². The van der Waals surface area contributed by atoms with Gasteiger partial charge in [-0.2, -0.15) is 0 Å². The van der Waals surface area contributed by atoms with Gasteiger partial charge in [0.05, 0.1) is 4.99 Å². The first-order valence-corrected chi connectivity index (χ1v) is 6.10. The van der Waals surface area contributed by atoms with Gasteiger partial charge in [-0.1, -0.05) is 25.6 Å². The van der Waals surface area contributed by atoms with Crippen LogP contribution in [-0.2, 0) is 4.79 Å². The van der Waals surface area contributed by atoms with E-state index in [0.717, 1.165) is 6.42 Å². The van der Waals surface area contributed by atoms with Crippen molar-refractivity contribution in [1.82, 2.24) is 5.32 Å². The van der Waals surface area contributed by atoms with Gasteiger partial charge in [-0.05, 0) is 25.2 Å². The van der Waals surface area contributed by atoms with Crippen LogP contribution >= 0.6 is 12.2 Å². The average molecular weight is 228 g/mol. The molecule has 0 aromatic carbocycles. The van der Waals surface area contributed by atoms with Crippen molar-refractivity contribution in [2.45, 2.75) is 51.5 Å². The van der Waals surface area contributed by atoms with E-state index < -0.39 is 0 Å². The highest BCUT2D eigenvalue weighted by molar-refractivity contribution is 7.80. The van der Waals surface area contributed by atoms with Crippen molar-refractivity contribution in [3.05, 3.63) is 0 Å². The lowest BCUT2D eigenvalue weighted by molar-refractivity contribution is -0.123. The van der Waals surface area contributed by atoms with Crippen LogP contribution in [0.4, 0.5) is 0 Å². The van der Waals surface area contributed by atoms with Crippen molar-refractivity contribution in [2.24, 2.45) is 11.7 Å². The van der Waals surface area contributed by atoms with E-state index in [1.54, 1.807) is 0 Å². The lowest BCUT2D eigenvalue weighted by atomic mass is 9.83. The second kappa shape index (κ2) is 6.05. The third-order valence-corrected chi connectivity index (χ3v) is 3.17. The van der Waals surface area contributed by atoms with Crippen molar-refractivity contribution >= 4 is 23.1 Å². The lowest BCUT2D eigenvalue weighted by Crippen LogP contribution is -2.38. The van der Waals surface area contributed by atoms with Crippen LogP contribution in [-0.4, -0.2) is 16.9 Å². The number of carbonyl (C=O) groups excluding carboxylic acids is 1. The fraction of sp³-hybridized carbons (Fsp3) is 0.818. The summed E-state index contributed by atoms with van der Waals surface area (Å²) < 4.78 is 0. The first kappa shape index (κ1) is 12.4. The molecular weight excluding hydrogens is 208 g/mol. The maximum absolute atomic E-state index is 11.6. The van der Waals surface area contributed by atoms with Gasteiger partial charge in [0.25, 0.3) is 0 Å². The van der Waals surface area contributed by atoms with Crippen molar-refractivity contribution in [1.29, 1.82) is 0 Å². The molecule has 0 heterocycles. The van der Waals surface area contributed by atoms with E-state index in [2.05, 4.69) is 5.32 Å². The van der Waals surface area contributed by atoms with E-state index in [-0.39, 0.29) is 11.9 Å². The SMILES string of the molecule is CCC(CC(N)=S)NC(=O)CC1CCC1. The number of hydrogen-bond donors (Lipinski definition) is 2. The van der Waals surface area contributed by atoms with Crippen LogP contribution in [0.1, 0.15) is 45.4 Å². The number of nitrogens with one attached hydrogen (secondary N) is 1. The highest BCUT2D eigenvalue weighted by Gasteiger charge is 2.21. The molecule has 1 atom stereocenters. The van der Waals surface area contributed by atoms with E-state index in [1.807, 2.05) is 6.92 Å². The minimum atomic E-state index is 0.120. The Morgan fingerprint density at radius 2 is 2.27 bits per heavy atom. The molecular formula is C11H20N2OS. The molecule has 15 heavy (non-hydrogen) atoms. The van der Waals surface area contributed by atoms with Crippen LogP contribution in [0.5, 0.6) is 0 Å². The van der Waals surface area contributed by atoms with Crippen LogP contribution in [0, 0.1) is 5.92 Å². The van der Waals surface area contributed by atoms with E-state index in [9.17, 15) is 4.79 Å². The predicted octanol–water partition coefficient (Wildman–Crippen LogP) is 1.75. The van der Waals surface area contributed by atoms with Crippen LogP contribution in [0.25, 0.3) is 0 Å². The third kappa shape index (κ3) is 4.60. The van der Waals surface area contributed by atoms with Crippen LogP contribution in [0.3, 0.4) is 0 Å². The Balaban J connectivity index is 2.23. The summed E-state index contributed by atoms with van der Waals surface area (Å²) in [6.45, 7) is 2.03. The Morgan fingerprint density at radius 1 is 1.60 bits per heavy atom. The smallest absolute Gasteiger partial charge is 0.220 e. The standard InChI is InChI=1S/C11H20N2OS/c1-2-9(7-10(12)15)13-11(14)6-8-4-3-5-8/h8-9H,2-7H2,1H3,(H2,12,15)(H,13,14). The zero-order valence-corrected chi connectivity index (χ0v) is 10.1. The molecule has 1 fully saturated rings. The predicted molar refractivity (Wildman–Crippen MR) is 65.6 cm³/mol. The first-order valence-electron chi connectivity index (χ1n) is 5.69. The van der Waals surface area contributed by atoms with E-state index in [1.165, 1.54) is 19.3 Å². The molecule has 0 aliphatic heterocycles. The van der Waals surface area contributed by atoms with Gasteiger partial charge in [-0.15, -0.1) is 0 Å². The number of amides is 1. The molecule has 0 spiro atoms. The van der Waals surface area contributed by atoms with Crippen molar-refractivity contribution in [3.63, 3.8) is 0 Å². The van der Waals surface area contributed by atoms with E-state index >= 15 is 0 Å². The van der Waals surface area contributed by atoms with Gasteiger partial charge in [0.2, 0.25) is 5.91 Å². The summed E-state index contributed by atoms with van der Waals surface area (Å²) >= 11 is 4.84. The topological polar surface area (TPSA) is 55.1 Å². The highest BCUT2D eigenvalue weighted by atomic mass is 32.1.